The number of carbonyl (C=O) groups is 3. The Hall–Kier alpha value is -3.72. The molecule has 2 aromatic heterocycles. The molecule has 3 heterocycles. The number of rotatable bonds is 3. The molecular formula is C23H24N4O5. The Morgan fingerprint density at radius 2 is 1.84 bits per heavy atom. The molecule has 0 radical (unpaired) electrons. The first-order valence-corrected chi connectivity index (χ1v) is 10.2. The summed E-state index contributed by atoms with van der Waals surface area (Å²) in [6, 6.07) is 6.64. The second kappa shape index (κ2) is 8.08. The SMILES string of the molecule is Cc1ccc(-c2nc3c4c(c(C)cn3c2CC(=O)N(C)C)OC(=O)C(N)CC(=O)O4)cc1. The van der Waals surface area contributed by atoms with Crippen LogP contribution in [0.5, 0.6) is 11.5 Å². The van der Waals surface area contributed by atoms with Gasteiger partial charge in [0.1, 0.15) is 6.04 Å². The number of nitrogens with zero attached hydrogens (tertiary/aromatic N) is 3. The minimum Gasteiger partial charge on any atom is -0.421 e. The number of esters is 2. The third kappa shape index (κ3) is 3.82. The van der Waals surface area contributed by atoms with Gasteiger partial charge in [-0.1, -0.05) is 29.8 Å². The molecule has 166 valence electrons. The number of likely N-dealkylation sites (N-methyl/N-ethyl adjacent to an activating group) is 1. The molecule has 1 unspecified atom stereocenters. The summed E-state index contributed by atoms with van der Waals surface area (Å²) in [6.45, 7) is 3.70. The molecule has 0 saturated carbocycles. The first-order valence-electron chi connectivity index (χ1n) is 10.2. The molecule has 0 spiro atoms. The van der Waals surface area contributed by atoms with Gasteiger partial charge < -0.3 is 20.1 Å². The van der Waals surface area contributed by atoms with Crippen molar-refractivity contribution in [3.63, 3.8) is 0 Å². The van der Waals surface area contributed by atoms with Crippen LogP contribution in [-0.2, 0) is 20.8 Å². The molecule has 1 aliphatic rings. The van der Waals surface area contributed by atoms with Gasteiger partial charge in [-0.05, 0) is 13.8 Å². The van der Waals surface area contributed by atoms with Crippen molar-refractivity contribution in [1.29, 1.82) is 0 Å². The Morgan fingerprint density at radius 3 is 2.50 bits per heavy atom. The highest BCUT2D eigenvalue weighted by atomic mass is 16.6. The monoisotopic (exact) mass is 436 g/mol. The number of amides is 1. The summed E-state index contributed by atoms with van der Waals surface area (Å²) in [5, 5.41) is 0. The number of benzene rings is 1. The van der Waals surface area contributed by atoms with E-state index in [0.717, 1.165) is 11.1 Å². The van der Waals surface area contributed by atoms with Gasteiger partial charge in [-0.25, -0.2) is 9.78 Å². The van der Waals surface area contributed by atoms with E-state index in [2.05, 4.69) is 0 Å². The van der Waals surface area contributed by atoms with Gasteiger partial charge in [-0.2, -0.15) is 0 Å². The molecule has 9 heteroatoms. The molecule has 3 aromatic rings. The predicted molar refractivity (Wildman–Crippen MR) is 116 cm³/mol. The number of fused-ring (bicyclic) bond motifs is 3. The van der Waals surface area contributed by atoms with Crippen LogP contribution in [0.3, 0.4) is 0 Å². The standard InChI is InChI=1S/C23H24N4O5/c1-12-5-7-14(8-6-12)19-16(10-17(28)26(3)4)27-11-13(2)20-21(22(27)25-19)31-18(29)9-15(24)23(30)32-20/h5-8,11,15H,9-10,24H2,1-4H3. The molecule has 9 nitrogen and oxygen atoms in total. The Morgan fingerprint density at radius 1 is 1.16 bits per heavy atom. The summed E-state index contributed by atoms with van der Waals surface area (Å²) in [5.74, 6) is -1.36. The highest BCUT2D eigenvalue weighted by Gasteiger charge is 2.31. The van der Waals surface area contributed by atoms with Gasteiger partial charge >= 0.3 is 11.9 Å². The molecule has 1 aromatic carbocycles. The summed E-state index contributed by atoms with van der Waals surface area (Å²) in [5.41, 5.74) is 9.64. The number of hydrogen-bond acceptors (Lipinski definition) is 7. The van der Waals surface area contributed by atoms with Gasteiger partial charge in [0.05, 0.1) is 24.2 Å². The molecule has 0 bridgehead atoms. The zero-order valence-electron chi connectivity index (χ0n) is 18.3. The molecule has 0 aliphatic carbocycles. The summed E-state index contributed by atoms with van der Waals surface area (Å²) >= 11 is 0. The number of nitrogens with two attached hydrogens (primary N) is 1. The lowest BCUT2D eigenvalue weighted by Gasteiger charge is -2.19. The number of hydrogen-bond donors (Lipinski definition) is 1. The highest BCUT2D eigenvalue weighted by Crippen LogP contribution is 2.39. The van der Waals surface area contributed by atoms with Gasteiger partial charge in [0.15, 0.2) is 11.4 Å². The number of ether oxygens (including phenoxy) is 2. The van der Waals surface area contributed by atoms with Crippen LogP contribution in [0.4, 0.5) is 0 Å². The van der Waals surface area contributed by atoms with Crippen LogP contribution < -0.4 is 15.2 Å². The largest absolute Gasteiger partial charge is 0.421 e. The third-order valence-electron chi connectivity index (χ3n) is 5.35. The molecule has 2 N–H and O–H groups in total. The molecule has 0 fully saturated rings. The molecule has 1 atom stereocenters. The summed E-state index contributed by atoms with van der Waals surface area (Å²) in [4.78, 5) is 43.5. The minimum atomic E-state index is -1.11. The lowest BCUT2D eigenvalue weighted by atomic mass is 10.1. The number of pyridine rings is 1. The molecule has 0 saturated heterocycles. The van der Waals surface area contributed by atoms with Crippen LogP contribution in [0, 0.1) is 13.8 Å². The van der Waals surface area contributed by atoms with E-state index in [-0.39, 0.29) is 35.9 Å². The average molecular weight is 436 g/mol. The van der Waals surface area contributed by atoms with Crippen molar-refractivity contribution >= 4 is 23.5 Å². The van der Waals surface area contributed by atoms with E-state index in [9.17, 15) is 14.4 Å². The quantitative estimate of drug-likeness (QED) is 0.622. The lowest BCUT2D eigenvalue weighted by molar-refractivity contribution is -0.144. The van der Waals surface area contributed by atoms with E-state index in [4.69, 9.17) is 20.2 Å². The zero-order chi connectivity index (χ0) is 23.2. The van der Waals surface area contributed by atoms with Crippen molar-refractivity contribution in [2.75, 3.05) is 14.1 Å². The van der Waals surface area contributed by atoms with E-state index in [0.29, 0.717) is 17.0 Å². The Labute approximate surface area is 184 Å². The number of aryl methyl sites for hydroxylation is 2. The van der Waals surface area contributed by atoms with Gasteiger partial charge in [0.2, 0.25) is 11.7 Å². The van der Waals surface area contributed by atoms with Gasteiger partial charge in [0.25, 0.3) is 0 Å². The number of carbonyl (C=O) groups excluding carboxylic acids is 3. The van der Waals surface area contributed by atoms with Crippen LogP contribution >= 0.6 is 0 Å². The fourth-order valence-corrected chi connectivity index (χ4v) is 3.52. The van der Waals surface area contributed by atoms with E-state index >= 15 is 0 Å². The second-order valence-corrected chi connectivity index (χ2v) is 8.11. The molecule has 32 heavy (non-hydrogen) atoms. The minimum absolute atomic E-state index is 0.0344. The topological polar surface area (TPSA) is 116 Å². The fourth-order valence-electron chi connectivity index (χ4n) is 3.52. The van der Waals surface area contributed by atoms with E-state index in [1.165, 1.54) is 4.90 Å². The molecule has 1 amide bonds. The number of imidazole rings is 1. The van der Waals surface area contributed by atoms with Crippen molar-refractivity contribution in [3.8, 4) is 22.8 Å². The second-order valence-electron chi connectivity index (χ2n) is 8.11. The highest BCUT2D eigenvalue weighted by molar-refractivity contribution is 5.90. The van der Waals surface area contributed by atoms with Crippen molar-refractivity contribution in [2.45, 2.75) is 32.7 Å². The van der Waals surface area contributed by atoms with Crippen molar-refractivity contribution in [2.24, 2.45) is 5.73 Å². The van der Waals surface area contributed by atoms with Crippen LogP contribution in [0.15, 0.2) is 30.5 Å². The summed E-state index contributed by atoms with van der Waals surface area (Å²) < 4.78 is 12.7. The van der Waals surface area contributed by atoms with Crippen molar-refractivity contribution in [1.82, 2.24) is 14.3 Å². The maximum Gasteiger partial charge on any atom is 0.329 e. The Kier molecular flexibility index (Phi) is 5.43. The Balaban J connectivity index is 1.99. The molecular weight excluding hydrogens is 412 g/mol. The maximum atomic E-state index is 12.6. The van der Waals surface area contributed by atoms with Gasteiger partial charge in [-0.15, -0.1) is 0 Å². The van der Waals surface area contributed by atoms with Crippen molar-refractivity contribution in [3.05, 3.63) is 47.3 Å². The van der Waals surface area contributed by atoms with Gasteiger partial charge in [0, 0.05) is 31.4 Å². The first kappa shape index (κ1) is 21.5. The summed E-state index contributed by atoms with van der Waals surface area (Å²) in [6.07, 6.45) is 1.48. The summed E-state index contributed by atoms with van der Waals surface area (Å²) in [7, 11) is 3.37. The van der Waals surface area contributed by atoms with Crippen LogP contribution in [-0.4, -0.2) is 52.3 Å². The van der Waals surface area contributed by atoms with Crippen LogP contribution in [0.25, 0.3) is 16.9 Å². The maximum absolute atomic E-state index is 12.6. The zero-order valence-corrected chi connectivity index (χ0v) is 18.3. The van der Waals surface area contributed by atoms with E-state index < -0.39 is 18.0 Å². The molecule has 4 rings (SSSR count). The van der Waals surface area contributed by atoms with E-state index in [1.54, 1.807) is 31.6 Å². The van der Waals surface area contributed by atoms with Crippen LogP contribution in [0.1, 0.15) is 23.2 Å². The number of aromatic nitrogens is 2. The smallest absolute Gasteiger partial charge is 0.329 e. The molecule has 1 aliphatic heterocycles. The lowest BCUT2D eigenvalue weighted by Crippen LogP contribution is -2.39. The first-order chi connectivity index (χ1) is 15.2. The van der Waals surface area contributed by atoms with E-state index in [1.807, 2.05) is 31.2 Å². The fraction of sp³-hybridized carbons (Fsp3) is 0.304. The third-order valence-corrected chi connectivity index (χ3v) is 5.35. The van der Waals surface area contributed by atoms with Crippen LogP contribution in [0.2, 0.25) is 0 Å². The average Bonchev–Trinajstić information content (AvgIpc) is 3.07. The normalized spacial score (nSPS) is 16.1. The Bertz CT molecular complexity index is 1240. The van der Waals surface area contributed by atoms with Crippen molar-refractivity contribution < 1.29 is 23.9 Å². The predicted octanol–water partition coefficient (Wildman–Crippen LogP) is 1.79. The van der Waals surface area contributed by atoms with Gasteiger partial charge in [-0.3, -0.25) is 14.0 Å².